The number of esters is 1. The Balaban J connectivity index is 1.13. The number of nitrogens with zero attached hydrogens (tertiary/aromatic N) is 8. The van der Waals surface area contributed by atoms with Crippen molar-refractivity contribution in [1.82, 2.24) is 29.5 Å². The van der Waals surface area contributed by atoms with E-state index >= 15 is 0 Å². The van der Waals surface area contributed by atoms with Crippen LogP contribution >= 0.6 is 0 Å². The third-order valence-corrected chi connectivity index (χ3v) is 7.20. The molecule has 11 nitrogen and oxygen atoms in total. The molecule has 0 spiro atoms. The van der Waals surface area contributed by atoms with Crippen LogP contribution in [0.25, 0.3) is 11.0 Å². The Morgan fingerprint density at radius 3 is 2.42 bits per heavy atom. The molecule has 4 heterocycles. The van der Waals surface area contributed by atoms with E-state index in [1.165, 1.54) is 7.11 Å². The highest BCUT2D eigenvalue weighted by Gasteiger charge is 2.29. The van der Waals surface area contributed by atoms with Gasteiger partial charge in [-0.1, -0.05) is 0 Å². The molecule has 1 atom stereocenters. The maximum Gasteiger partial charge on any atom is 0.337 e. The molecule has 1 aromatic carbocycles. The second-order valence-corrected chi connectivity index (χ2v) is 9.37. The highest BCUT2D eigenvalue weighted by atomic mass is 16.5. The number of aryl methyl sites for hydroxylation is 1. The Hall–Kier alpha value is -3.73. The number of carbonyl (C=O) groups excluding carboxylic acids is 2. The molecule has 36 heavy (non-hydrogen) atoms. The number of rotatable bonds is 5. The van der Waals surface area contributed by atoms with Crippen molar-refractivity contribution in [3.8, 4) is 0 Å². The molecule has 0 N–H and O–H groups in total. The Kier molecular flexibility index (Phi) is 6.73. The molecule has 2 aromatic heterocycles. The van der Waals surface area contributed by atoms with E-state index in [0.29, 0.717) is 25.2 Å². The number of carbonyl (C=O) groups is 2. The number of anilines is 2. The third-order valence-electron chi connectivity index (χ3n) is 7.20. The molecule has 2 aliphatic rings. The van der Waals surface area contributed by atoms with E-state index in [1.54, 1.807) is 29.3 Å². The molecule has 190 valence electrons. The van der Waals surface area contributed by atoms with E-state index in [0.717, 1.165) is 55.3 Å². The summed E-state index contributed by atoms with van der Waals surface area (Å²) in [6.45, 7) is 7.87. The smallest absolute Gasteiger partial charge is 0.337 e. The molecule has 5 rings (SSSR count). The first-order chi connectivity index (χ1) is 17.4. The molecular weight excluding hydrogens is 460 g/mol. The Morgan fingerprint density at radius 2 is 1.72 bits per heavy atom. The lowest BCUT2D eigenvalue weighted by Gasteiger charge is -2.42. The van der Waals surface area contributed by atoms with Crippen molar-refractivity contribution in [3.05, 3.63) is 42.4 Å². The lowest BCUT2D eigenvalue weighted by atomic mass is 10.1. The van der Waals surface area contributed by atoms with Gasteiger partial charge in [0.2, 0.25) is 5.91 Å². The van der Waals surface area contributed by atoms with Crippen molar-refractivity contribution in [1.29, 1.82) is 0 Å². The van der Waals surface area contributed by atoms with Crippen LogP contribution in [0, 0.1) is 0 Å². The van der Waals surface area contributed by atoms with Crippen molar-refractivity contribution < 1.29 is 14.3 Å². The molecular formula is C25H32N8O3. The van der Waals surface area contributed by atoms with E-state index in [4.69, 9.17) is 4.74 Å². The van der Waals surface area contributed by atoms with E-state index < -0.39 is 0 Å². The zero-order valence-corrected chi connectivity index (χ0v) is 21.0. The minimum Gasteiger partial charge on any atom is -0.465 e. The Bertz CT molecular complexity index is 1240. The number of fused-ring (bicyclic) bond motifs is 1. The van der Waals surface area contributed by atoms with Crippen LogP contribution in [0.1, 0.15) is 17.3 Å². The summed E-state index contributed by atoms with van der Waals surface area (Å²) < 4.78 is 6.53. The molecule has 2 saturated heterocycles. The van der Waals surface area contributed by atoms with Gasteiger partial charge in [0.1, 0.15) is 12.1 Å². The first-order valence-electron chi connectivity index (χ1n) is 12.3. The summed E-state index contributed by atoms with van der Waals surface area (Å²) in [6, 6.07) is 7.74. The Morgan fingerprint density at radius 1 is 1.00 bits per heavy atom. The molecule has 0 saturated carbocycles. The molecule has 11 heteroatoms. The lowest BCUT2D eigenvalue weighted by Crippen LogP contribution is -2.56. The average Bonchev–Trinajstić information content (AvgIpc) is 3.30. The molecule has 0 bridgehead atoms. The van der Waals surface area contributed by atoms with E-state index in [2.05, 4.69) is 36.7 Å². The van der Waals surface area contributed by atoms with Gasteiger partial charge in [0.05, 0.1) is 30.8 Å². The molecule has 0 radical (unpaired) electrons. The fraction of sp³-hybridized carbons (Fsp3) is 0.480. The number of piperazine rings is 2. The van der Waals surface area contributed by atoms with Crippen molar-refractivity contribution >= 4 is 34.4 Å². The van der Waals surface area contributed by atoms with E-state index in [1.807, 2.05) is 24.1 Å². The van der Waals surface area contributed by atoms with Crippen LogP contribution in [0.5, 0.6) is 0 Å². The maximum absolute atomic E-state index is 13.1. The second kappa shape index (κ2) is 10.1. The largest absolute Gasteiger partial charge is 0.465 e. The first-order valence-corrected chi connectivity index (χ1v) is 12.3. The minimum atomic E-state index is -0.332. The average molecular weight is 493 g/mol. The fourth-order valence-electron chi connectivity index (χ4n) is 5.03. The van der Waals surface area contributed by atoms with Gasteiger partial charge in [-0.15, -0.1) is 0 Å². The van der Waals surface area contributed by atoms with E-state index in [-0.39, 0.29) is 17.9 Å². The number of ether oxygens (including phenoxy) is 1. The maximum atomic E-state index is 13.1. The van der Waals surface area contributed by atoms with Crippen LogP contribution in [0.15, 0.2) is 36.8 Å². The van der Waals surface area contributed by atoms with Crippen LogP contribution in [0.4, 0.5) is 11.5 Å². The molecule has 2 aliphatic heterocycles. The molecule has 1 amide bonds. The van der Waals surface area contributed by atoms with Gasteiger partial charge in [-0.05, 0) is 31.2 Å². The summed E-state index contributed by atoms with van der Waals surface area (Å²) in [6.07, 6.45) is 3.38. The van der Waals surface area contributed by atoms with Crippen LogP contribution in [0.3, 0.4) is 0 Å². The van der Waals surface area contributed by atoms with Crippen LogP contribution in [0.2, 0.25) is 0 Å². The monoisotopic (exact) mass is 492 g/mol. The van der Waals surface area contributed by atoms with Crippen LogP contribution < -0.4 is 9.80 Å². The summed E-state index contributed by atoms with van der Waals surface area (Å²) in [5, 5.41) is 5.24. The van der Waals surface area contributed by atoms with Crippen molar-refractivity contribution in [2.45, 2.75) is 13.0 Å². The number of hydrogen-bond acceptors (Lipinski definition) is 9. The minimum absolute atomic E-state index is 0.173. The highest BCUT2D eigenvalue weighted by Crippen LogP contribution is 2.24. The Labute approximate surface area is 210 Å². The van der Waals surface area contributed by atoms with Gasteiger partial charge in [0.25, 0.3) is 0 Å². The van der Waals surface area contributed by atoms with Crippen molar-refractivity contribution in [2.75, 3.05) is 69.3 Å². The van der Waals surface area contributed by atoms with E-state index in [9.17, 15) is 9.59 Å². The SMILES string of the molecule is COC(=O)c1ccc(N2CCN(CC(=O)N3CCN(c4ncnc5c4cnn5C)CC3)C(C)C2)cc1. The normalized spacial score (nSPS) is 19.1. The quantitative estimate of drug-likeness (QED) is 0.483. The lowest BCUT2D eigenvalue weighted by molar-refractivity contribution is -0.133. The summed E-state index contributed by atoms with van der Waals surface area (Å²) >= 11 is 0. The zero-order chi connectivity index (χ0) is 25.2. The standard InChI is InChI=1S/C25H32N8O3/c1-18-15-33(20-6-4-19(5-7-20)25(35)36-3)13-12-32(18)16-22(34)30-8-10-31(11-9-30)24-21-14-28-29(2)23(21)26-17-27-24/h4-7,14,17-18H,8-13,15-16H2,1-3H3. The third kappa shape index (κ3) is 4.70. The number of aromatic nitrogens is 4. The molecule has 2 fully saturated rings. The van der Waals surface area contributed by atoms with Gasteiger partial charge in [0.15, 0.2) is 5.65 Å². The van der Waals surface area contributed by atoms with Gasteiger partial charge >= 0.3 is 5.97 Å². The van der Waals surface area contributed by atoms with Crippen LogP contribution in [-0.4, -0.2) is 107 Å². The summed E-state index contributed by atoms with van der Waals surface area (Å²) in [4.78, 5) is 42.3. The van der Waals surface area contributed by atoms with Gasteiger partial charge < -0.3 is 19.4 Å². The summed E-state index contributed by atoms with van der Waals surface area (Å²) in [7, 11) is 3.26. The predicted molar refractivity (Wildman–Crippen MR) is 136 cm³/mol. The molecule has 0 aliphatic carbocycles. The van der Waals surface area contributed by atoms with Crippen LogP contribution in [-0.2, 0) is 16.6 Å². The second-order valence-electron chi connectivity index (χ2n) is 9.37. The van der Waals surface area contributed by atoms with Crippen molar-refractivity contribution in [2.24, 2.45) is 7.05 Å². The summed E-state index contributed by atoms with van der Waals surface area (Å²) in [5.74, 6) is 0.720. The molecule has 3 aromatic rings. The van der Waals surface area contributed by atoms with Gasteiger partial charge in [0, 0.05) is 64.6 Å². The fourth-order valence-corrected chi connectivity index (χ4v) is 5.03. The first kappa shape index (κ1) is 24.0. The number of amides is 1. The van der Waals surface area contributed by atoms with Gasteiger partial charge in [-0.3, -0.25) is 14.4 Å². The number of hydrogen-bond donors (Lipinski definition) is 0. The number of benzene rings is 1. The summed E-state index contributed by atoms with van der Waals surface area (Å²) in [5.41, 5.74) is 2.43. The highest BCUT2D eigenvalue weighted by molar-refractivity contribution is 5.89. The van der Waals surface area contributed by atoms with Crippen molar-refractivity contribution in [3.63, 3.8) is 0 Å². The zero-order valence-electron chi connectivity index (χ0n) is 21.0. The topological polar surface area (TPSA) is 99.9 Å². The van der Waals surface area contributed by atoms with Gasteiger partial charge in [-0.2, -0.15) is 5.10 Å². The predicted octanol–water partition coefficient (Wildman–Crippen LogP) is 1.01. The number of methoxy groups -OCH3 is 1. The van der Waals surface area contributed by atoms with Gasteiger partial charge in [-0.25, -0.2) is 14.8 Å². The molecule has 1 unspecified atom stereocenters.